The van der Waals surface area contributed by atoms with Crippen LogP contribution < -0.4 is 5.32 Å². The number of hydrogen-bond acceptors (Lipinski definition) is 2. The van der Waals surface area contributed by atoms with Crippen molar-refractivity contribution >= 4 is 5.91 Å². The van der Waals surface area contributed by atoms with Crippen LogP contribution in [0.15, 0.2) is 18.2 Å². The highest BCUT2D eigenvalue weighted by Gasteiger charge is 2.23. The van der Waals surface area contributed by atoms with Gasteiger partial charge in [-0.05, 0) is 49.9 Å². The lowest BCUT2D eigenvalue weighted by Gasteiger charge is -2.27. The number of carbonyl (C=O) groups excluding carboxylic acids is 1. The van der Waals surface area contributed by atoms with Crippen LogP contribution in [0.25, 0.3) is 0 Å². The Morgan fingerprint density at radius 1 is 1.26 bits per heavy atom. The molecule has 0 radical (unpaired) electrons. The predicted octanol–water partition coefficient (Wildman–Crippen LogP) is 2.58. The molecule has 3 heteroatoms. The van der Waals surface area contributed by atoms with Crippen LogP contribution in [0, 0.1) is 19.8 Å². The van der Waals surface area contributed by atoms with Crippen molar-refractivity contribution in [2.45, 2.75) is 45.6 Å². The van der Waals surface area contributed by atoms with E-state index in [-0.39, 0.29) is 17.9 Å². The summed E-state index contributed by atoms with van der Waals surface area (Å²) in [7, 11) is 0. The molecule has 2 atom stereocenters. The molecule has 19 heavy (non-hydrogen) atoms. The topological polar surface area (TPSA) is 49.3 Å². The molecule has 0 bridgehead atoms. The van der Waals surface area contributed by atoms with Crippen molar-refractivity contribution in [2.75, 3.05) is 6.54 Å². The minimum Gasteiger partial charge on any atom is -0.393 e. The van der Waals surface area contributed by atoms with Gasteiger partial charge in [-0.2, -0.15) is 0 Å². The minimum absolute atomic E-state index is 0.0409. The van der Waals surface area contributed by atoms with Crippen molar-refractivity contribution in [1.29, 1.82) is 0 Å². The van der Waals surface area contributed by atoms with Crippen molar-refractivity contribution in [1.82, 2.24) is 5.32 Å². The van der Waals surface area contributed by atoms with Crippen LogP contribution in [0.3, 0.4) is 0 Å². The van der Waals surface area contributed by atoms with Gasteiger partial charge in [-0.25, -0.2) is 0 Å². The quantitative estimate of drug-likeness (QED) is 0.878. The Morgan fingerprint density at radius 2 is 2.00 bits per heavy atom. The normalized spacial score (nSPS) is 23.1. The average molecular weight is 261 g/mol. The SMILES string of the molecule is Cc1ccc(C(=O)NCC2CCCCC2O)cc1C. The minimum atomic E-state index is -0.256. The number of nitrogens with one attached hydrogen (secondary N) is 1. The molecule has 1 aliphatic carbocycles. The predicted molar refractivity (Wildman–Crippen MR) is 76.2 cm³/mol. The molecule has 1 aromatic carbocycles. The summed E-state index contributed by atoms with van der Waals surface area (Å²) in [5, 5.41) is 12.8. The van der Waals surface area contributed by atoms with Crippen LogP contribution in [-0.2, 0) is 0 Å². The Hall–Kier alpha value is -1.35. The fourth-order valence-electron chi connectivity index (χ4n) is 2.63. The van der Waals surface area contributed by atoms with Crippen LogP contribution in [0.5, 0.6) is 0 Å². The van der Waals surface area contributed by atoms with Crippen molar-refractivity contribution in [3.8, 4) is 0 Å². The van der Waals surface area contributed by atoms with Gasteiger partial charge in [0.15, 0.2) is 0 Å². The molecule has 1 fully saturated rings. The number of hydrogen-bond donors (Lipinski definition) is 2. The lowest BCUT2D eigenvalue weighted by atomic mass is 9.86. The molecule has 0 aromatic heterocycles. The van der Waals surface area contributed by atoms with Crippen LogP contribution >= 0.6 is 0 Å². The first-order valence-electron chi connectivity index (χ1n) is 7.11. The summed E-state index contributed by atoms with van der Waals surface area (Å²) in [4.78, 5) is 12.1. The number of aliphatic hydroxyl groups is 1. The van der Waals surface area contributed by atoms with E-state index in [4.69, 9.17) is 0 Å². The van der Waals surface area contributed by atoms with E-state index in [0.29, 0.717) is 12.1 Å². The molecule has 0 heterocycles. The maximum atomic E-state index is 12.1. The average Bonchev–Trinajstić information content (AvgIpc) is 2.40. The van der Waals surface area contributed by atoms with Gasteiger partial charge in [-0.15, -0.1) is 0 Å². The van der Waals surface area contributed by atoms with Gasteiger partial charge in [0.05, 0.1) is 6.10 Å². The Bertz CT molecular complexity index is 456. The van der Waals surface area contributed by atoms with Gasteiger partial charge in [0.1, 0.15) is 0 Å². The highest BCUT2D eigenvalue weighted by molar-refractivity contribution is 5.94. The van der Waals surface area contributed by atoms with Gasteiger partial charge < -0.3 is 10.4 Å². The fraction of sp³-hybridized carbons (Fsp3) is 0.562. The van der Waals surface area contributed by atoms with Gasteiger partial charge in [0.2, 0.25) is 0 Å². The number of aryl methyl sites for hydroxylation is 2. The van der Waals surface area contributed by atoms with Crippen molar-refractivity contribution < 1.29 is 9.90 Å². The number of benzene rings is 1. The molecular formula is C16H23NO2. The molecule has 0 saturated heterocycles. The van der Waals surface area contributed by atoms with E-state index in [1.807, 2.05) is 32.0 Å². The second-order valence-corrected chi connectivity index (χ2v) is 5.62. The van der Waals surface area contributed by atoms with E-state index in [0.717, 1.165) is 31.2 Å². The number of carbonyl (C=O) groups is 1. The van der Waals surface area contributed by atoms with Crippen molar-refractivity contribution in [2.24, 2.45) is 5.92 Å². The second kappa shape index (κ2) is 6.20. The van der Waals surface area contributed by atoms with Gasteiger partial charge >= 0.3 is 0 Å². The van der Waals surface area contributed by atoms with E-state index in [1.54, 1.807) is 0 Å². The molecule has 0 spiro atoms. The second-order valence-electron chi connectivity index (χ2n) is 5.62. The molecule has 1 amide bonds. The van der Waals surface area contributed by atoms with Crippen LogP contribution in [0.2, 0.25) is 0 Å². The zero-order valence-corrected chi connectivity index (χ0v) is 11.8. The monoisotopic (exact) mass is 261 g/mol. The summed E-state index contributed by atoms with van der Waals surface area (Å²) < 4.78 is 0. The van der Waals surface area contributed by atoms with E-state index < -0.39 is 0 Å². The largest absolute Gasteiger partial charge is 0.393 e. The molecule has 104 valence electrons. The molecular weight excluding hydrogens is 238 g/mol. The van der Waals surface area contributed by atoms with Crippen LogP contribution in [0.1, 0.15) is 47.2 Å². The standard InChI is InChI=1S/C16H23NO2/c1-11-7-8-13(9-12(11)2)16(19)17-10-14-5-3-4-6-15(14)18/h7-9,14-15,18H,3-6,10H2,1-2H3,(H,17,19). The first-order valence-corrected chi connectivity index (χ1v) is 7.11. The Labute approximate surface area is 115 Å². The van der Waals surface area contributed by atoms with Crippen molar-refractivity contribution in [3.05, 3.63) is 34.9 Å². The van der Waals surface area contributed by atoms with Gasteiger partial charge in [-0.1, -0.05) is 18.9 Å². The molecule has 1 aromatic rings. The molecule has 1 aliphatic rings. The van der Waals surface area contributed by atoms with Crippen molar-refractivity contribution in [3.63, 3.8) is 0 Å². The van der Waals surface area contributed by atoms with Crippen LogP contribution in [0.4, 0.5) is 0 Å². The van der Waals surface area contributed by atoms with E-state index in [2.05, 4.69) is 5.32 Å². The summed E-state index contributed by atoms with van der Waals surface area (Å²) >= 11 is 0. The third kappa shape index (κ3) is 3.57. The third-order valence-electron chi connectivity index (χ3n) is 4.16. The van der Waals surface area contributed by atoms with E-state index in [1.165, 1.54) is 5.56 Å². The molecule has 3 nitrogen and oxygen atoms in total. The van der Waals surface area contributed by atoms with E-state index in [9.17, 15) is 9.90 Å². The Kier molecular flexibility index (Phi) is 4.59. The summed E-state index contributed by atoms with van der Waals surface area (Å²) in [6.45, 7) is 4.62. The lowest BCUT2D eigenvalue weighted by Crippen LogP contribution is -2.36. The fourth-order valence-corrected chi connectivity index (χ4v) is 2.63. The zero-order chi connectivity index (χ0) is 13.8. The van der Waals surface area contributed by atoms with Gasteiger partial charge in [-0.3, -0.25) is 4.79 Å². The van der Waals surface area contributed by atoms with E-state index >= 15 is 0 Å². The Balaban J connectivity index is 1.91. The first kappa shape index (κ1) is 14.1. The lowest BCUT2D eigenvalue weighted by molar-refractivity contribution is 0.0663. The third-order valence-corrected chi connectivity index (χ3v) is 4.16. The van der Waals surface area contributed by atoms with Gasteiger partial charge in [0.25, 0.3) is 5.91 Å². The number of amides is 1. The Morgan fingerprint density at radius 3 is 2.68 bits per heavy atom. The summed E-state index contributed by atoms with van der Waals surface area (Å²) in [6.07, 6.45) is 3.87. The number of aliphatic hydroxyl groups excluding tert-OH is 1. The summed E-state index contributed by atoms with van der Waals surface area (Å²) in [6, 6.07) is 5.75. The maximum absolute atomic E-state index is 12.1. The highest BCUT2D eigenvalue weighted by atomic mass is 16.3. The molecule has 0 aliphatic heterocycles. The van der Waals surface area contributed by atoms with Crippen LogP contribution in [-0.4, -0.2) is 23.7 Å². The number of rotatable bonds is 3. The zero-order valence-electron chi connectivity index (χ0n) is 11.8. The smallest absolute Gasteiger partial charge is 0.251 e. The summed E-state index contributed by atoms with van der Waals surface area (Å²) in [5.41, 5.74) is 3.03. The van der Waals surface area contributed by atoms with Gasteiger partial charge in [0, 0.05) is 18.0 Å². The highest BCUT2D eigenvalue weighted by Crippen LogP contribution is 2.23. The molecule has 2 N–H and O–H groups in total. The summed E-state index contributed by atoms with van der Waals surface area (Å²) in [5.74, 6) is 0.171. The molecule has 1 saturated carbocycles. The maximum Gasteiger partial charge on any atom is 0.251 e. The first-order chi connectivity index (χ1) is 9.08. The molecule has 2 unspecified atom stereocenters. The molecule has 2 rings (SSSR count).